The Morgan fingerprint density at radius 3 is 2.50 bits per heavy atom. The van der Waals surface area contributed by atoms with Crippen molar-refractivity contribution in [2.45, 2.75) is 39.7 Å². The van der Waals surface area contributed by atoms with Crippen molar-refractivity contribution in [1.82, 2.24) is 4.98 Å². The van der Waals surface area contributed by atoms with Crippen LogP contribution in [0.1, 0.15) is 37.6 Å². The van der Waals surface area contributed by atoms with Crippen LogP contribution in [0.5, 0.6) is 11.5 Å². The van der Waals surface area contributed by atoms with Crippen molar-refractivity contribution in [2.75, 3.05) is 0 Å². The van der Waals surface area contributed by atoms with Gasteiger partial charge in [-0.2, -0.15) is 0 Å². The van der Waals surface area contributed by atoms with Crippen molar-refractivity contribution >= 4 is 0 Å². The maximum absolute atomic E-state index is 9.40. The molecule has 2 rings (SSSR count). The Kier molecular flexibility index (Phi) is 4.09. The summed E-state index contributed by atoms with van der Waals surface area (Å²) in [4.78, 5) is 4.18. The fraction of sp³-hybridized carbons (Fsp3) is 0.353. The Balaban J connectivity index is 2.43. The zero-order valence-corrected chi connectivity index (χ0v) is 12.5. The molecule has 2 aromatic rings. The second-order valence-corrected chi connectivity index (χ2v) is 5.94. The molecule has 0 aliphatic carbocycles. The molecule has 0 bridgehead atoms. The van der Waals surface area contributed by atoms with Gasteiger partial charge in [0.05, 0.1) is 6.61 Å². The van der Waals surface area contributed by atoms with Crippen molar-refractivity contribution in [1.29, 1.82) is 0 Å². The average Bonchev–Trinajstić information content (AvgIpc) is 2.38. The van der Waals surface area contributed by atoms with Gasteiger partial charge in [0, 0.05) is 29.1 Å². The highest BCUT2D eigenvalue weighted by Gasteiger charge is 2.19. The molecule has 3 nitrogen and oxygen atoms in total. The van der Waals surface area contributed by atoms with Crippen LogP contribution in [-0.2, 0) is 12.0 Å². The number of para-hydroxylation sites is 1. The number of nitrogens with zero attached hydrogens (tertiary/aromatic N) is 1. The van der Waals surface area contributed by atoms with E-state index < -0.39 is 0 Å². The van der Waals surface area contributed by atoms with Gasteiger partial charge >= 0.3 is 0 Å². The first-order valence-electron chi connectivity index (χ1n) is 6.75. The molecule has 106 valence electrons. The molecule has 1 heterocycles. The molecule has 0 saturated carbocycles. The van der Waals surface area contributed by atoms with E-state index in [0.717, 1.165) is 17.0 Å². The zero-order chi connectivity index (χ0) is 14.8. The van der Waals surface area contributed by atoms with Gasteiger partial charge in [-0.3, -0.25) is 4.98 Å². The van der Waals surface area contributed by atoms with Gasteiger partial charge in [0.2, 0.25) is 0 Å². The highest BCUT2D eigenvalue weighted by atomic mass is 16.5. The van der Waals surface area contributed by atoms with Crippen LogP contribution >= 0.6 is 0 Å². The molecule has 0 radical (unpaired) electrons. The molecule has 1 aromatic carbocycles. The van der Waals surface area contributed by atoms with Gasteiger partial charge in [-0.1, -0.05) is 39.0 Å². The number of aliphatic hydroxyl groups is 1. The second kappa shape index (κ2) is 5.63. The summed E-state index contributed by atoms with van der Waals surface area (Å²) in [5, 5.41) is 9.40. The van der Waals surface area contributed by atoms with Crippen LogP contribution < -0.4 is 4.74 Å². The number of aromatic nitrogens is 1. The number of ether oxygens (including phenoxy) is 1. The number of hydrogen-bond donors (Lipinski definition) is 1. The van der Waals surface area contributed by atoms with Gasteiger partial charge < -0.3 is 9.84 Å². The maximum Gasteiger partial charge on any atom is 0.136 e. The lowest BCUT2D eigenvalue weighted by Gasteiger charge is -2.23. The first kappa shape index (κ1) is 14.5. The van der Waals surface area contributed by atoms with Crippen LogP contribution in [0.3, 0.4) is 0 Å². The summed E-state index contributed by atoms with van der Waals surface area (Å²) >= 11 is 0. The first-order chi connectivity index (χ1) is 9.41. The average molecular weight is 271 g/mol. The van der Waals surface area contributed by atoms with E-state index in [1.807, 2.05) is 31.2 Å². The highest BCUT2D eigenvalue weighted by molar-refractivity contribution is 5.43. The van der Waals surface area contributed by atoms with E-state index >= 15 is 0 Å². The topological polar surface area (TPSA) is 42.4 Å². The molecule has 0 amide bonds. The molecule has 0 spiro atoms. The van der Waals surface area contributed by atoms with Gasteiger partial charge in [0.25, 0.3) is 0 Å². The summed E-state index contributed by atoms with van der Waals surface area (Å²) in [6.07, 6.45) is 1.66. The zero-order valence-electron chi connectivity index (χ0n) is 12.5. The monoisotopic (exact) mass is 271 g/mol. The SMILES string of the molecule is Cc1cc(Oc2ccccc2C(C)(C)C)c(CO)cn1. The van der Waals surface area contributed by atoms with Gasteiger partial charge in [-0.25, -0.2) is 0 Å². The molecular formula is C17H21NO2. The molecule has 0 aliphatic rings. The lowest BCUT2D eigenvalue weighted by atomic mass is 9.86. The van der Waals surface area contributed by atoms with E-state index in [0.29, 0.717) is 11.3 Å². The predicted molar refractivity (Wildman–Crippen MR) is 80.1 cm³/mol. The largest absolute Gasteiger partial charge is 0.457 e. The minimum atomic E-state index is -0.0830. The molecule has 0 atom stereocenters. The summed E-state index contributed by atoms with van der Waals surface area (Å²) in [6.45, 7) is 8.28. The number of aryl methyl sites for hydroxylation is 1. The summed E-state index contributed by atoms with van der Waals surface area (Å²) < 4.78 is 6.04. The normalized spacial score (nSPS) is 11.4. The van der Waals surface area contributed by atoms with Gasteiger partial charge in [-0.05, 0) is 18.4 Å². The Labute approximate surface area is 120 Å². The summed E-state index contributed by atoms with van der Waals surface area (Å²) in [6, 6.07) is 9.85. The molecule has 20 heavy (non-hydrogen) atoms. The van der Waals surface area contributed by atoms with Gasteiger partial charge in [0.1, 0.15) is 11.5 Å². The van der Waals surface area contributed by atoms with Crippen LogP contribution in [0.2, 0.25) is 0 Å². The third-order valence-corrected chi connectivity index (χ3v) is 3.17. The molecule has 1 aromatic heterocycles. The minimum Gasteiger partial charge on any atom is -0.457 e. The van der Waals surface area contributed by atoms with E-state index in [2.05, 4.69) is 31.8 Å². The predicted octanol–water partition coefficient (Wildman–Crippen LogP) is 3.97. The quantitative estimate of drug-likeness (QED) is 0.918. The van der Waals surface area contributed by atoms with Crippen LogP contribution in [-0.4, -0.2) is 10.1 Å². The van der Waals surface area contributed by atoms with Crippen molar-refractivity contribution in [3.8, 4) is 11.5 Å². The van der Waals surface area contributed by atoms with Crippen molar-refractivity contribution in [2.24, 2.45) is 0 Å². The van der Waals surface area contributed by atoms with Crippen molar-refractivity contribution in [3.05, 3.63) is 53.3 Å². The van der Waals surface area contributed by atoms with E-state index in [9.17, 15) is 5.11 Å². The standard InChI is InChI=1S/C17H21NO2/c1-12-9-16(13(11-19)10-18-12)20-15-8-6-5-7-14(15)17(2,3)4/h5-10,19H,11H2,1-4H3. The fourth-order valence-corrected chi connectivity index (χ4v) is 2.07. The lowest BCUT2D eigenvalue weighted by molar-refractivity contribution is 0.275. The smallest absolute Gasteiger partial charge is 0.136 e. The Bertz CT molecular complexity index is 600. The number of aliphatic hydroxyl groups excluding tert-OH is 1. The Morgan fingerprint density at radius 2 is 1.85 bits per heavy atom. The van der Waals surface area contributed by atoms with Crippen molar-refractivity contribution in [3.63, 3.8) is 0 Å². The Morgan fingerprint density at radius 1 is 1.15 bits per heavy atom. The lowest BCUT2D eigenvalue weighted by Crippen LogP contribution is -2.12. The molecule has 0 aliphatic heterocycles. The third kappa shape index (κ3) is 3.17. The second-order valence-electron chi connectivity index (χ2n) is 5.94. The summed E-state index contributed by atoms with van der Waals surface area (Å²) in [7, 11) is 0. The maximum atomic E-state index is 9.40. The van der Waals surface area contributed by atoms with Crippen LogP contribution in [0.4, 0.5) is 0 Å². The van der Waals surface area contributed by atoms with Crippen LogP contribution in [0.25, 0.3) is 0 Å². The number of benzene rings is 1. The molecule has 0 fully saturated rings. The summed E-state index contributed by atoms with van der Waals surface area (Å²) in [5.74, 6) is 1.48. The van der Waals surface area contributed by atoms with Crippen LogP contribution in [0, 0.1) is 6.92 Å². The molecule has 0 saturated heterocycles. The molecule has 0 unspecified atom stereocenters. The van der Waals surface area contributed by atoms with E-state index in [-0.39, 0.29) is 12.0 Å². The van der Waals surface area contributed by atoms with E-state index in [1.54, 1.807) is 6.20 Å². The first-order valence-corrected chi connectivity index (χ1v) is 6.75. The van der Waals surface area contributed by atoms with Crippen molar-refractivity contribution < 1.29 is 9.84 Å². The highest BCUT2D eigenvalue weighted by Crippen LogP contribution is 2.35. The Hall–Kier alpha value is -1.87. The van der Waals surface area contributed by atoms with E-state index in [1.165, 1.54) is 0 Å². The fourth-order valence-electron chi connectivity index (χ4n) is 2.07. The van der Waals surface area contributed by atoms with Crippen LogP contribution in [0.15, 0.2) is 36.5 Å². The number of rotatable bonds is 3. The van der Waals surface area contributed by atoms with Gasteiger partial charge in [0.15, 0.2) is 0 Å². The molecule has 3 heteroatoms. The van der Waals surface area contributed by atoms with Gasteiger partial charge in [-0.15, -0.1) is 0 Å². The third-order valence-electron chi connectivity index (χ3n) is 3.17. The minimum absolute atomic E-state index is 0.00194. The number of hydrogen-bond acceptors (Lipinski definition) is 3. The summed E-state index contributed by atoms with van der Waals surface area (Å²) in [5.41, 5.74) is 2.70. The van der Waals surface area contributed by atoms with E-state index in [4.69, 9.17) is 4.74 Å². The molecule has 1 N–H and O–H groups in total. The molecular weight excluding hydrogens is 250 g/mol. The number of pyridine rings is 1.